The lowest BCUT2D eigenvalue weighted by Gasteiger charge is -2.14. The van der Waals surface area contributed by atoms with Crippen LogP contribution in [0.3, 0.4) is 0 Å². The van der Waals surface area contributed by atoms with Gasteiger partial charge >= 0.3 is 0 Å². The van der Waals surface area contributed by atoms with Gasteiger partial charge < -0.3 is 23.9 Å². The first-order valence-corrected chi connectivity index (χ1v) is 18.0. The molecule has 0 spiro atoms. The van der Waals surface area contributed by atoms with Crippen molar-refractivity contribution in [3.63, 3.8) is 0 Å². The maximum atomic E-state index is 13.3. The van der Waals surface area contributed by atoms with Gasteiger partial charge in [-0.05, 0) is 58.7 Å². The van der Waals surface area contributed by atoms with Crippen LogP contribution in [0.4, 0.5) is 17.7 Å². The number of ether oxygens (including phenoxy) is 2. The Morgan fingerprint density at radius 2 is 1.26 bits per heavy atom. The lowest BCUT2D eigenvalue weighted by Crippen LogP contribution is -2.20. The molecule has 0 atom stereocenters. The van der Waals surface area contributed by atoms with E-state index in [2.05, 4.69) is 44.5 Å². The Bertz CT molecular complexity index is 2370. The molecule has 274 valence electrons. The van der Waals surface area contributed by atoms with E-state index in [0.29, 0.717) is 96.0 Å². The van der Waals surface area contributed by atoms with Crippen LogP contribution in [0.15, 0.2) is 36.4 Å². The quantitative estimate of drug-likeness (QED) is 0.101. The maximum Gasteiger partial charge on any atom is 0.276 e. The molecule has 6 aromatic rings. The Morgan fingerprint density at radius 1 is 0.736 bits per heavy atom. The Labute approximate surface area is 307 Å². The number of nitrogens with zero attached hydrogens (tertiary/aromatic N) is 10. The van der Waals surface area contributed by atoms with Gasteiger partial charge in [-0.15, -0.1) is 0 Å². The highest BCUT2D eigenvalue weighted by molar-refractivity contribution is 6.03. The van der Waals surface area contributed by atoms with E-state index in [0.717, 1.165) is 35.6 Å². The number of anilines is 3. The third kappa shape index (κ3) is 7.51. The van der Waals surface area contributed by atoms with Crippen molar-refractivity contribution in [2.75, 3.05) is 23.8 Å². The Morgan fingerprint density at radius 3 is 1.81 bits per heavy atom. The van der Waals surface area contributed by atoms with E-state index in [4.69, 9.17) is 19.4 Å². The zero-order valence-corrected chi connectivity index (χ0v) is 31.0. The van der Waals surface area contributed by atoms with Gasteiger partial charge in [-0.25, -0.2) is 14.6 Å². The Kier molecular flexibility index (Phi) is 10.9. The molecule has 0 saturated carbocycles. The SMILES string of the molecule is CCCn1c(NC(=O)c2cc(C)nn2CC)nc2cc(C#N)cc(OCCCOc3cc(C#N)cc4nc(Nc5cc(C)nn5CC)n(CCC)c34)c21. The molecule has 1 amide bonds. The number of rotatable bonds is 16. The number of nitriles is 2. The van der Waals surface area contributed by atoms with Crippen LogP contribution in [-0.2, 0) is 26.2 Å². The average Bonchev–Trinajstić information content (AvgIpc) is 3.90. The number of carbonyl (C=O) groups is 1. The number of fused-ring (bicyclic) bond motifs is 2. The molecule has 0 saturated heterocycles. The topological polar surface area (TPSA) is 178 Å². The fraction of sp³-hybridized carbons (Fsp3) is 0.395. The first-order chi connectivity index (χ1) is 25.7. The molecule has 4 heterocycles. The van der Waals surface area contributed by atoms with Crippen LogP contribution in [0.25, 0.3) is 22.1 Å². The third-order valence-electron chi connectivity index (χ3n) is 8.67. The fourth-order valence-corrected chi connectivity index (χ4v) is 6.44. The van der Waals surface area contributed by atoms with Crippen molar-refractivity contribution in [3.05, 3.63) is 64.6 Å². The molecule has 0 fully saturated rings. The number of imidazole rings is 2. The van der Waals surface area contributed by atoms with Gasteiger partial charge in [0.25, 0.3) is 5.91 Å². The maximum absolute atomic E-state index is 13.3. The predicted octanol–water partition coefficient (Wildman–Crippen LogP) is 6.84. The lowest BCUT2D eigenvalue weighted by molar-refractivity contribution is 0.101. The van der Waals surface area contributed by atoms with E-state index >= 15 is 0 Å². The molecule has 0 aliphatic rings. The number of hydrogen-bond donors (Lipinski definition) is 2. The van der Waals surface area contributed by atoms with Gasteiger partial charge in [-0.1, -0.05) is 13.8 Å². The van der Waals surface area contributed by atoms with Gasteiger partial charge in [0, 0.05) is 50.8 Å². The molecule has 2 aromatic carbocycles. The standard InChI is InChI=1S/C38H44N12O3/c1-7-12-47-34-28(41-37(47)43-33-17-25(6)46-50(33)10-4)18-26(22-39)20-31(34)52-14-11-15-53-32-21-27(23-40)19-29-35(32)48(13-8-2)38(42-29)44-36(51)30-16-24(5)45-49(30)9-3/h16-21H,7-15H2,1-6H3,(H,41,43)(H,42,44,51). The zero-order chi connectivity index (χ0) is 37.6. The van der Waals surface area contributed by atoms with E-state index in [1.165, 1.54) is 0 Å². The summed E-state index contributed by atoms with van der Waals surface area (Å²) in [5.41, 5.74) is 5.62. The van der Waals surface area contributed by atoms with Crippen LogP contribution < -0.4 is 20.1 Å². The molecule has 53 heavy (non-hydrogen) atoms. The van der Waals surface area contributed by atoms with E-state index in [-0.39, 0.29) is 12.5 Å². The number of aryl methyl sites for hydroxylation is 6. The smallest absolute Gasteiger partial charge is 0.276 e. The molecule has 0 unspecified atom stereocenters. The second-order valence-corrected chi connectivity index (χ2v) is 12.7. The van der Waals surface area contributed by atoms with Crippen molar-refractivity contribution in [1.29, 1.82) is 10.5 Å². The summed E-state index contributed by atoms with van der Waals surface area (Å²) in [6, 6.07) is 15.1. The summed E-state index contributed by atoms with van der Waals surface area (Å²) in [5, 5.41) is 35.0. The van der Waals surface area contributed by atoms with E-state index < -0.39 is 0 Å². The lowest BCUT2D eigenvalue weighted by atomic mass is 10.2. The molecular weight excluding hydrogens is 672 g/mol. The zero-order valence-electron chi connectivity index (χ0n) is 31.0. The average molecular weight is 717 g/mol. The minimum atomic E-state index is -0.319. The highest BCUT2D eigenvalue weighted by atomic mass is 16.5. The van der Waals surface area contributed by atoms with Crippen molar-refractivity contribution >= 4 is 45.7 Å². The van der Waals surface area contributed by atoms with E-state index in [9.17, 15) is 15.3 Å². The van der Waals surface area contributed by atoms with Crippen molar-refractivity contribution in [3.8, 4) is 23.6 Å². The van der Waals surface area contributed by atoms with Crippen molar-refractivity contribution < 1.29 is 14.3 Å². The molecule has 15 heteroatoms. The number of amides is 1. The van der Waals surface area contributed by atoms with Crippen molar-refractivity contribution in [2.45, 2.75) is 87.0 Å². The highest BCUT2D eigenvalue weighted by Crippen LogP contribution is 2.34. The molecule has 15 nitrogen and oxygen atoms in total. The summed E-state index contributed by atoms with van der Waals surface area (Å²) in [4.78, 5) is 22.9. The van der Waals surface area contributed by atoms with Gasteiger partial charge in [0.15, 0.2) is 0 Å². The van der Waals surface area contributed by atoms with Crippen LogP contribution in [0, 0.1) is 36.5 Å². The molecule has 6 rings (SSSR count). The normalized spacial score (nSPS) is 11.2. The second kappa shape index (κ2) is 15.9. The first kappa shape index (κ1) is 36.4. The van der Waals surface area contributed by atoms with Crippen LogP contribution in [0.5, 0.6) is 11.5 Å². The summed E-state index contributed by atoms with van der Waals surface area (Å²) in [6.45, 7) is 15.0. The Balaban J connectivity index is 1.22. The number of aromatic nitrogens is 8. The molecule has 0 aliphatic carbocycles. The molecule has 0 bridgehead atoms. The molecule has 2 N–H and O–H groups in total. The largest absolute Gasteiger partial charge is 0.491 e. The number of hydrogen-bond acceptors (Lipinski definition) is 10. The summed E-state index contributed by atoms with van der Waals surface area (Å²) in [7, 11) is 0. The number of carbonyl (C=O) groups excluding carboxylic acids is 1. The van der Waals surface area contributed by atoms with Crippen LogP contribution in [0.2, 0.25) is 0 Å². The molecular formula is C38H44N12O3. The van der Waals surface area contributed by atoms with Gasteiger partial charge in [-0.3, -0.25) is 14.8 Å². The Hall–Kier alpha value is -6.35. The minimum Gasteiger partial charge on any atom is -0.491 e. The van der Waals surface area contributed by atoms with Crippen LogP contribution >= 0.6 is 0 Å². The van der Waals surface area contributed by atoms with Crippen LogP contribution in [-0.4, -0.2) is 57.8 Å². The van der Waals surface area contributed by atoms with E-state index in [1.54, 1.807) is 35.0 Å². The monoisotopic (exact) mass is 716 g/mol. The summed E-state index contributed by atoms with van der Waals surface area (Å²) >= 11 is 0. The molecule has 0 aliphatic heterocycles. The van der Waals surface area contributed by atoms with Gasteiger partial charge in [0.2, 0.25) is 11.9 Å². The highest BCUT2D eigenvalue weighted by Gasteiger charge is 2.22. The number of benzene rings is 2. The first-order valence-electron chi connectivity index (χ1n) is 18.0. The molecule has 4 aromatic heterocycles. The summed E-state index contributed by atoms with van der Waals surface area (Å²) in [6.07, 6.45) is 2.14. The number of nitrogens with one attached hydrogen (secondary N) is 2. The van der Waals surface area contributed by atoms with E-state index in [1.807, 2.05) is 49.9 Å². The van der Waals surface area contributed by atoms with Crippen molar-refractivity contribution in [2.24, 2.45) is 0 Å². The van der Waals surface area contributed by atoms with Gasteiger partial charge in [-0.2, -0.15) is 20.7 Å². The summed E-state index contributed by atoms with van der Waals surface area (Å²) < 4.78 is 20.2. The van der Waals surface area contributed by atoms with Gasteiger partial charge in [0.05, 0.1) is 58.9 Å². The fourth-order valence-electron chi connectivity index (χ4n) is 6.44. The van der Waals surface area contributed by atoms with Crippen LogP contribution in [0.1, 0.15) is 80.0 Å². The predicted molar refractivity (Wildman–Crippen MR) is 202 cm³/mol. The third-order valence-corrected chi connectivity index (χ3v) is 8.67. The van der Waals surface area contributed by atoms with Gasteiger partial charge in [0.1, 0.15) is 34.0 Å². The summed E-state index contributed by atoms with van der Waals surface area (Å²) in [5.74, 6) is 2.57. The minimum absolute atomic E-state index is 0.278. The second-order valence-electron chi connectivity index (χ2n) is 12.7. The molecule has 0 radical (unpaired) electrons. The van der Waals surface area contributed by atoms with Crippen molar-refractivity contribution in [1.82, 2.24) is 38.7 Å².